The number of esters is 1. The highest BCUT2D eigenvalue weighted by atomic mass is 127. The Labute approximate surface area is 178 Å². The van der Waals surface area contributed by atoms with Crippen LogP contribution in [0.3, 0.4) is 0 Å². The number of hydrogen-bond donors (Lipinski definition) is 2. The van der Waals surface area contributed by atoms with Gasteiger partial charge in [-0.2, -0.15) is 0 Å². The Morgan fingerprint density at radius 2 is 2.10 bits per heavy atom. The topological polar surface area (TPSA) is 108 Å². The van der Waals surface area contributed by atoms with Crippen molar-refractivity contribution in [3.63, 3.8) is 0 Å². The Kier molecular flexibility index (Phi) is 6.32. The van der Waals surface area contributed by atoms with E-state index < -0.39 is 17.7 Å². The van der Waals surface area contributed by atoms with Gasteiger partial charge in [0, 0.05) is 3.57 Å². The molecule has 0 aliphatic rings. The largest absolute Gasteiger partial charge is 0.498 e. The van der Waals surface area contributed by atoms with E-state index in [2.05, 4.69) is 16.9 Å². The summed E-state index contributed by atoms with van der Waals surface area (Å²) in [4.78, 5) is 28.2. The maximum Gasteiger partial charge on any atom is 0.341 e. The zero-order valence-electron chi connectivity index (χ0n) is 15.0. The van der Waals surface area contributed by atoms with Crippen molar-refractivity contribution in [2.45, 2.75) is 0 Å². The minimum atomic E-state index is -0.726. The number of fused-ring (bicyclic) bond motifs is 1. The number of nitrogens with two attached hydrogens (primary N) is 1. The highest BCUT2D eigenvalue weighted by Gasteiger charge is 2.20. The molecule has 0 saturated heterocycles. The number of nitrogens with zero attached hydrogens (tertiary/aromatic N) is 2. The minimum absolute atomic E-state index is 0.00329. The van der Waals surface area contributed by atoms with Crippen molar-refractivity contribution in [1.29, 1.82) is 0 Å². The zero-order chi connectivity index (χ0) is 21.0. The zero-order valence-corrected chi connectivity index (χ0v) is 17.2. The Bertz CT molecular complexity index is 1100. The molecule has 10 heteroatoms. The molecule has 0 radical (unpaired) electrons. The first-order chi connectivity index (χ1) is 13.9. The quantitative estimate of drug-likeness (QED) is 0.209. The van der Waals surface area contributed by atoms with E-state index in [1.807, 2.05) is 22.6 Å². The van der Waals surface area contributed by atoms with Crippen LogP contribution in [0.1, 0.15) is 20.8 Å². The van der Waals surface area contributed by atoms with Gasteiger partial charge in [0.2, 0.25) is 0 Å². The van der Waals surface area contributed by atoms with Crippen LogP contribution in [0.25, 0.3) is 5.52 Å². The van der Waals surface area contributed by atoms with Crippen molar-refractivity contribution in [1.82, 2.24) is 9.38 Å². The van der Waals surface area contributed by atoms with Crippen LogP contribution in [-0.4, -0.2) is 34.5 Å². The molecule has 3 rings (SSSR count). The lowest BCUT2D eigenvalue weighted by Crippen LogP contribution is -2.15. The van der Waals surface area contributed by atoms with Crippen molar-refractivity contribution in [3.05, 3.63) is 70.1 Å². The van der Waals surface area contributed by atoms with E-state index in [1.54, 1.807) is 6.07 Å². The number of primary amides is 1. The predicted octanol–water partition coefficient (Wildman–Crippen LogP) is 3.24. The number of hydrogen-bond acceptors (Lipinski definition) is 6. The molecule has 0 aliphatic heterocycles. The summed E-state index contributed by atoms with van der Waals surface area (Å²) in [7, 11) is 0. The predicted molar refractivity (Wildman–Crippen MR) is 113 cm³/mol. The van der Waals surface area contributed by atoms with Gasteiger partial charge >= 0.3 is 5.97 Å². The second-order valence-corrected chi connectivity index (χ2v) is 6.98. The summed E-state index contributed by atoms with van der Waals surface area (Å²) in [5, 5.41) is 2.89. The molecule has 0 aliphatic carbocycles. The molecule has 0 bridgehead atoms. The third kappa shape index (κ3) is 4.47. The molecule has 2 aromatic heterocycles. The highest BCUT2D eigenvalue weighted by molar-refractivity contribution is 14.1. The number of ether oxygens (including phenoxy) is 2. The highest BCUT2D eigenvalue weighted by Crippen LogP contribution is 2.27. The van der Waals surface area contributed by atoms with E-state index in [0.717, 1.165) is 0 Å². The van der Waals surface area contributed by atoms with E-state index in [-0.39, 0.29) is 36.0 Å². The molecule has 1 aromatic carbocycles. The van der Waals surface area contributed by atoms with Gasteiger partial charge in [0.15, 0.2) is 5.69 Å². The van der Waals surface area contributed by atoms with Crippen LogP contribution in [0.5, 0.6) is 0 Å². The summed E-state index contributed by atoms with van der Waals surface area (Å²) in [6.07, 6.45) is 2.56. The standard InChI is InChI=1S/C19H16FIN4O4/c1-2-28-7-8-29-19(27)12-4-6-15-16(17(22)26)23-10-25(15)18(12)24-14-5-3-11(21)9-13(14)20/h2-6,9-10,24H,1,7-8H2,(H2,22,26). The first kappa shape index (κ1) is 20.6. The van der Waals surface area contributed by atoms with Gasteiger partial charge in [-0.25, -0.2) is 14.2 Å². The lowest BCUT2D eigenvalue weighted by molar-refractivity contribution is 0.0421. The van der Waals surface area contributed by atoms with E-state index >= 15 is 0 Å². The molecular formula is C19H16FIN4O4. The van der Waals surface area contributed by atoms with Crippen molar-refractivity contribution in [3.8, 4) is 0 Å². The van der Waals surface area contributed by atoms with Gasteiger partial charge < -0.3 is 20.5 Å². The Morgan fingerprint density at radius 3 is 2.79 bits per heavy atom. The molecule has 3 N–H and O–H groups in total. The molecule has 0 fully saturated rings. The molecule has 8 nitrogen and oxygen atoms in total. The van der Waals surface area contributed by atoms with E-state index in [9.17, 15) is 14.0 Å². The first-order valence-electron chi connectivity index (χ1n) is 8.34. The van der Waals surface area contributed by atoms with Crippen molar-refractivity contribution < 1.29 is 23.5 Å². The van der Waals surface area contributed by atoms with E-state index in [4.69, 9.17) is 15.2 Å². The summed E-state index contributed by atoms with van der Waals surface area (Å²) in [5.41, 5.74) is 5.98. The SMILES string of the molecule is C=COCCOC(=O)c1ccc2c(C(N)=O)ncn2c1Nc1ccc(I)cc1F. The van der Waals surface area contributed by atoms with Crippen LogP contribution in [0, 0.1) is 9.39 Å². The van der Waals surface area contributed by atoms with Gasteiger partial charge in [-0.3, -0.25) is 9.20 Å². The number of pyridine rings is 1. The van der Waals surface area contributed by atoms with Crippen LogP contribution in [-0.2, 0) is 9.47 Å². The molecule has 3 aromatic rings. The number of halogens is 2. The normalized spacial score (nSPS) is 10.6. The monoisotopic (exact) mass is 510 g/mol. The van der Waals surface area contributed by atoms with Crippen LogP contribution in [0.15, 0.2) is 49.5 Å². The number of aromatic nitrogens is 2. The number of imidazole rings is 1. The molecule has 150 valence electrons. The van der Waals surface area contributed by atoms with Crippen LogP contribution in [0.4, 0.5) is 15.9 Å². The number of carbonyl (C=O) groups excluding carboxylic acids is 2. The summed E-state index contributed by atoms with van der Waals surface area (Å²) in [5.74, 6) is -1.72. The number of benzene rings is 1. The molecule has 0 unspecified atom stereocenters. The van der Waals surface area contributed by atoms with Gasteiger partial charge in [-0.15, -0.1) is 0 Å². The van der Waals surface area contributed by atoms with Gasteiger partial charge in [-0.1, -0.05) is 6.58 Å². The molecular weight excluding hydrogens is 494 g/mol. The Morgan fingerprint density at radius 1 is 1.31 bits per heavy atom. The first-order valence-corrected chi connectivity index (χ1v) is 9.41. The second kappa shape index (κ2) is 8.90. The van der Waals surface area contributed by atoms with Gasteiger partial charge in [0.1, 0.15) is 36.7 Å². The fraction of sp³-hybridized carbons (Fsp3) is 0.105. The van der Waals surface area contributed by atoms with Crippen LogP contribution in [0.2, 0.25) is 0 Å². The second-order valence-electron chi connectivity index (χ2n) is 5.73. The molecule has 2 heterocycles. The number of anilines is 2. The van der Waals surface area contributed by atoms with E-state index in [0.29, 0.717) is 9.09 Å². The van der Waals surface area contributed by atoms with Gasteiger partial charge in [-0.05, 0) is 52.9 Å². The summed E-state index contributed by atoms with van der Waals surface area (Å²) < 4.78 is 26.6. The number of amides is 1. The average molecular weight is 510 g/mol. The third-order valence-electron chi connectivity index (χ3n) is 3.90. The number of nitrogens with one attached hydrogen (secondary N) is 1. The lowest BCUT2D eigenvalue weighted by Gasteiger charge is -2.15. The lowest BCUT2D eigenvalue weighted by atomic mass is 10.2. The van der Waals surface area contributed by atoms with Crippen molar-refractivity contribution >= 4 is 51.5 Å². The van der Waals surface area contributed by atoms with Gasteiger partial charge in [0.05, 0.1) is 17.5 Å². The maximum absolute atomic E-state index is 14.4. The summed E-state index contributed by atoms with van der Waals surface area (Å²) in [6, 6.07) is 7.55. The van der Waals surface area contributed by atoms with E-state index in [1.165, 1.54) is 41.3 Å². The molecule has 0 spiro atoms. The number of rotatable bonds is 8. The third-order valence-corrected chi connectivity index (χ3v) is 4.57. The molecule has 0 atom stereocenters. The molecule has 1 amide bonds. The Hall–Kier alpha value is -3.15. The fourth-order valence-corrected chi connectivity index (χ4v) is 3.06. The maximum atomic E-state index is 14.4. The summed E-state index contributed by atoms with van der Waals surface area (Å²) >= 11 is 1.99. The molecule has 0 saturated carbocycles. The number of carbonyl (C=O) groups is 2. The van der Waals surface area contributed by atoms with Gasteiger partial charge in [0.25, 0.3) is 5.91 Å². The fourth-order valence-electron chi connectivity index (χ4n) is 2.61. The van der Waals surface area contributed by atoms with Crippen LogP contribution < -0.4 is 11.1 Å². The minimum Gasteiger partial charge on any atom is -0.498 e. The average Bonchev–Trinajstić information content (AvgIpc) is 3.12. The van der Waals surface area contributed by atoms with Crippen molar-refractivity contribution in [2.75, 3.05) is 18.5 Å². The Balaban J connectivity index is 2.05. The molecule has 29 heavy (non-hydrogen) atoms. The summed E-state index contributed by atoms with van der Waals surface area (Å²) in [6.45, 7) is 3.54. The smallest absolute Gasteiger partial charge is 0.341 e. The van der Waals surface area contributed by atoms with Crippen LogP contribution >= 0.6 is 22.6 Å². The van der Waals surface area contributed by atoms with Crippen molar-refractivity contribution in [2.24, 2.45) is 5.73 Å².